The van der Waals surface area contributed by atoms with Gasteiger partial charge >= 0.3 is 0 Å². The van der Waals surface area contributed by atoms with Crippen LogP contribution in [0.25, 0.3) is 11.4 Å². The number of hydrogen-bond donors (Lipinski definition) is 0. The standard InChI is InChI=1S/C23H25ClN4S/c1-3-4-5-6-7-8-9-19-14-20(16-25-15-19)22-26-27-23(28(22)2)29-17-18-10-12-21(24)13-11-18/h10-16H,3-7,17H2,1-2H3. The fourth-order valence-corrected chi connectivity index (χ4v) is 3.85. The number of unbranched alkanes of at least 4 members (excludes halogenated alkanes) is 4. The molecule has 3 rings (SSSR count). The number of pyridine rings is 1. The monoisotopic (exact) mass is 424 g/mol. The van der Waals surface area contributed by atoms with Crippen LogP contribution >= 0.6 is 23.4 Å². The van der Waals surface area contributed by atoms with E-state index in [0.717, 1.165) is 45.7 Å². The minimum atomic E-state index is 0.746. The average molecular weight is 425 g/mol. The fraction of sp³-hybridized carbons (Fsp3) is 0.348. The van der Waals surface area contributed by atoms with Crippen LogP contribution in [0, 0.1) is 11.8 Å². The molecular formula is C23H25ClN4S. The van der Waals surface area contributed by atoms with Gasteiger partial charge in [0, 0.05) is 47.8 Å². The van der Waals surface area contributed by atoms with E-state index >= 15 is 0 Å². The van der Waals surface area contributed by atoms with E-state index in [2.05, 4.69) is 33.9 Å². The molecule has 0 N–H and O–H groups in total. The predicted molar refractivity (Wildman–Crippen MR) is 121 cm³/mol. The Labute approximate surface area is 182 Å². The number of nitrogens with zero attached hydrogens (tertiary/aromatic N) is 4. The van der Waals surface area contributed by atoms with Gasteiger partial charge in [0.05, 0.1) is 0 Å². The van der Waals surface area contributed by atoms with Crippen LogP contribution < -0.4 is 0 Å². The molecular weight excluding hydrogens is 400 g/mol. The van der Waals surface area contributed by atoms with Crippen molar-refractivity contribution in [2.75, 3.05) is 0 Å². The molecule has 0 spiro atoms. The maximum Gasteiger partial charge on any atom is 0.191 e. The molecule has 0 bridgehead atoms. The topological polar surface area (TPSA) is 43.6 Å². The van der Waals surface area contributed by atoms with Gasteiger partial charge in [-0.05, 0) is 30.2 Å². The Morgan fingerprint density at radius 3 is 2.69 bits per heavy atom. The van der Waals surface area contributed by atoms with Crippen LogP contribution in [-0.4, -0.2) is 19.7 Å². The van der Waals surface area contributed by atoms with Crippen LogP contribution in [0.3, 0.4) is 0 Å². The molecule has 0 aliphatic carbocycles. The maximum absolute atomic E-state index is 5.95. The highest BCUT2D eigenvalue weighted by atomic mass is 35.5. The molecule has 2 heterocycles. The summed E-state index contributed by atoms with van der Waals surface area (Å²) in [5, 5.41) is 10.3. The first kappa shape index (κ1) is 21.4. The van der Waals surface area contributed by atoms with E-state index in [-0.39, 0.29) is 0 Å². The van der Waals surface area contributed by atoms with Crippen LogP contribution in [0.5, 0.6) is 0 Å². The molecule has 3 aromatic rings. The zero-order chi connectivity index (χ0) is 20.5. The lowest BCUT2D eigenvalue weighted by Crippen LogP contribution is -1.96. The Morgan fingerprint density at radius 1 is 1.07 bits per heavy atom. The molecule has 0 aliphatic heterocycles. The molecule has 0 amide bonds. The molecule has 150 valence electrons. The fourth-order valence-electron chi connectivity index (χ4n) is 2.86. The van der Waals surface area contributed by atoms with Gasteiger partial charge < -0.3 is 4.57 Å². The minimum Gasteiger partial charge on any atom is -0.305 e. The number of benzene rings is 1. The van der Waals surface area contributed by atoms with Gasteiger partial charge in [0.15, 0.2) is 11.0 Å². The second-order valence-corrected chi connectivity index (χ2v) is 8.23. The van der Waals surface area contributed by atoms with Gasteiger partial charge in [0.1, 0.15) is 0 Å². The third kappa shape index (κ3) is 6.35. The molecule has 0 aliphatic rings. The second kappa shape index (κ2) is 11.0. The van der Waals surface area contributed by atoms with Crippen molar-refractivity contribution < 1.29 is 0 Å². The summed E-state index contributed by atoms with van der Waals surface area (Å²) < 4.78 is 2.00. The van der Waals surface area contributed by atoms with Gasteiger partial charge in [-0.1, -0.05) is 73.5 Å². The van der Waals surface area contributed by atoms with Crippen LogP contribution in [0.4, 0.5) is 0 Å². The number of rotatable bonds is 8. The number of halogens is 1. The molecule has 29 heavy (non-hydrogen) atoms. The van der Waals surface area contributed by atoms with Gasteiger partial charge in [-0.2, -0.15) is 0 Å². The molecule has 1 aromatic carbocycles. The number of aromatic nitrogens is 4. The summed E-state index contributed by atoms with van der Waals surface area (Å²) in [6, 6.07) is 9.90. The lowest BCUT2D eigenvalue weighted by Gasteiger charge is -2.04. The van der Waals surface area contributed by atoms with E-state index in [9.17, 15) is 0 Å². The summed E-state index contributed by atoms with van der Waals surface area (Å²) in [6.07, 6.45) is 9.48. The Morgan fingerprint density at radius 2 is 1.90 bits per heavy atom. The average Bonchev–Trinajstić information content (AvgIpc) is 3.11. The third-order valence-corrected chi connectivity index (χ3v) is 5.84. The largest absolute Gasteiger partial charge is 0.305 e. The number of hydrogen-bond acceptors (Lipinski definition) is 4. The normalized spacial score (nSPS) is 10.6. The van der Waals surface area contributed by atoms with Crippen molar-refractivity contribution in [2.24, 2.45) is 7.05 Å². The van der Waals surface area contributed by atoms with E-state index in [1.807, 2.05) is 48.1 Å². The Kier molecular flexibility index (Phi) is 8.15. The van der Waals surface area contributed by atoms with Crippen LogP contribution in [0.1, 0.15) is 50.2 Å². The van der Waals surface area contributed by atoms with Gasteiger partial charge in [-0.25, -0.2) is 0 Å². The molecule has 0 unspecified atom stereocenters. The molecule has 0 radical (unpaired) electrons. The highest BCUT2D eigenvalue weighted by Gasteiger charge is 2.12. The second-order valence-electron chi connectivity index (χ2n) is 6.86. The first-order valence-corrected chi connectivity index (χ1v) is 11.2. The summed E-state index contributed by atoms with van der Waals surface area (Å²) in [6.45, 7) is 2.22. The van der Waals surface area contributed by atoms with Crippen molar-refractivity contribution in [3.8, 4) is 23.2 Å². The molecule has 0 saturated carbocycles. The Hall–Kier alpha value is -2.29. The maximum atomic E-state index is 5.95. The van der Waals surface area contributed by atoms with Gasteiger partial charge in [0.25, 0.3) is 0 Å². The van der Waals surface area contributed by atoms with Gasteiger partial charge in [0.2, 0.25) is 0 Å². The minimum absolute atomic E-state index is 0.746. The number of thioether (sulfide) groups is 1. The zero-order valence-electron chi connectivity index (χ0n) is 16.9. The van der Waals surface area contributed by atoms with Crippen LogP contribution in [-0.2, 0) is 12.8 Å². The Bertz CT molecular complexity index is 986. The predicted octanol–water partition coefficient (Wildman–Crippen LogP) is 6.14. The summed E-state index contributed by atoms with van der Waals surface area (Å²) in [5.41, 5.74) is 3.04. The summed E-state index contributed by atoms with van der Waals surface area (Å²) in [4.78, 5) is 4.34. The van der Waals surface area contributed by atoms with E-state index in [0.29, 0.717) is 0 Å². The molecule has 0 fully saturated rings. The molecule has 6 heteroatoms. The lowest BCUT2D eigenvalue weighted by atomic mass is 10.1. The highest BCUT2D eigenvalue weighted by molar-refractivity contribution is 7.98. The first-order valence-electron chi connectivity index (χ1n) is 9.88. The smallest absolute Gasteiger partial charge is 0.191 e. The first-order chi connectivity index (χ1) is 14.2. The third-order valence-electron chi connectivity index (χ3n) is 4.50. The van der Waals surface area contributed by atoms with Crippen molar-refractivity contribution in [3.05, 3.63) is 58.9 Å². The SMILES string of the molecule is CCCCCCC#Cc1cncc(-c2nnc(SCc3ccc(Cl)cc3)n2C)c1. The van der Waals surface area contributed by atoms with Crippen molar-refractivity contribution in [3.63, 3.8) is 0 Å². The molecule has 4 nitrogen and oxygen atoms in total. The van der Waals surface area contributed by atoms with Gasteiger partial charge in [-0.15, -0.1) is 10.2 Å². The van der Waals surface area contributed by atoms with Crippen molar-refractivity contribution in [1.29, 1.82) is 0 Å². The highest BCUT2D eigenvalue weighted by Crippen LogP contribution is 2.25. The lowest BCUT2D eigenvalue weighted by molar-refractivity contribution is 0.679. The van der Waals surface area contributed by atoms with Crippen molar-refractivity contribution in [2.45, 2.75) is 49.9 Å². The van der Waals surface area contributed by atoms with Crippen molar-refractivity contribution in [1.82, 2.24) is 19.7 Å². The van der Waals surface area contributed by atoms with Crippen LogP contribution in [0.2, 0.25) is 5.02 Å². The van der Waals surface area contributed by atoms with E-state index in [4.69, 9.17) is 11.6 Å². The van der Waals surface area contributed by atoms with Crippen LogP contribution in [0.15, 0.2) is 47.9 Å². The summed E-state index contributed by atoms with van der Waals surface area (Å²) in [7, 11) is 1.98. The Balaban J connectivity index is 1.65. The quantitative estimate of drug-likeness (QED) is 0.247. The molecule has 2 aromatic heterocycles. The van der Waals surface area contributed by atoms with Gasteiger partial charge in [-0.3, -0.25) is 4.98 Å². The van der Waals surface area contributed by atoms with E-state index in [1.165, 1.54) is 24.8 Å². The van der Waals surface area contributed by atoms with E-state index in [1.54, 1.807) is 18.0 Å². The van der Waals surface area contributed by atoms with Crippen molar-refractivity contribution >= 4 is 23.4 Å². The molecule has 0 saturated heterocycles. The molecule has 0 atom stereocenters. The summed E-state index contributed by atoms with van der Waals surface area (Å²) >= 11 is 7.60. The zero-order valence-corrected chi connectivity index (χ0v) is 18.4. The summed E-state index contributed by atoms with van der Waals surface area (Å²) in [5.74, 6) is 8.08. The van der Waals surface area contributed by atoms with E-state index < -0.39 is 0 Å².